The molecular formula is C14H11IN2O2. The summed E-state index contributed by atoms with van der Waals surface area (Å²) in [4.78, 5) is 23.1. The van der Waals surface area contributed by atoms with E-state index in [4.69, 9.17) is 11.5 Å². The smallest absolute Gasteiger partial charge is 0.249 e. The Kier molecular flexibility index (Phi) is 3.84. The molecule has 0 unspecified atom stereocenters. The highest BCUT2D eigenvalue weighted by Gasteiger charge is 2.18. The van der Waals surface area contributed by atoms with Crippen molar-refractivity contribution in [3.63, 3.8) is 0 Å². The monoisotopic (exact) mass is 366 g/mol. The number of benzene rings is 2. The van der Waals surface area contributed by atoms with E-state index in [1.54, 1.807) is 18.2 Å². The van der Waals surface area contributed by atoms with Gasteiger partial charge in [-0.25, -0.2) is 0 Å². The Balaban J connectivity index is 2.83. The second-order valence-corrected chi connectivity index (χ2v) is 5.10. The minimum Gasteiger partial charge on any atom is -0.366 e. The topological polar surface area (TPSA) is 86.2 Å². The molecule has 0 fully saturated rings. The van der Waals surface area contributed by atoms with Crippen molar-refractivity contribution >= 4 is 34.4 Å². The number of hydrogen-bond acceptors (Lipinski definition) is 2. The summed E-state index contributed by atoms with van der Waals surface area (Å²) >= 11 is 2.14. The molecule has 4 nitrogen and oxygen atoms in total. The Bertz CT molecular complexity index is 636. The van der Waals surface area contributed by atoms with Crippen LogP contribution in [-0.4, -0.2) is 11.8 Å². The average molecular weight is 366 g/mol. The van der Waals surface area contributed by atoms with Gasteiger partial charge in [0.15, 0.2) is 0 Å². The number of hydrogen-bond donors (Lipinski definition) is 2. The molecule has 19 heavy (non-hydrogen) atoms. The summed E-state index contributed by atoms with van der Waals surface area (Å²) in [6.45, 7) is 0. The largest absolute Gasteiger partial charge is 0.366 e. The third-order valence-electron chi connectivity index (χ3n) is 2.74. The van der Waals surface area contributed by atoms with Gasteiger partial charge in [-0.15, -0.1) is 0 Å². The maximum absolute atomic E-state index is 11.5. The summed E-state index contributed by atoms with van der Waals surface area (Å²) in [5.74, 6) is -1.17. The molecule has 0 atom stereocenters. The van der Waals surface area contributed by atoms with Crippen LogP contribution in [0.4, 0.5) is 0 Å². The van der Waals surface area contributed by atoms with Crippen LogP contribution in [-0.2, 0) is 0 Å². The molecule has 2 aromatic rings. The lowest BCUT2D eigenvalue weighted by Gasteiger charge is -2.12. The lowest BCUT2D eigenvalue weighted by molar-refractivity contribution is 0.0999. The first kappa shape index (κ1) is 13.5. The van der Waals surface area contributed by atoms with Gasteiger partial charge >= 0.3 is 0 Å². The fraction of sp³-hybridized carbons (Fsp3) is 0. The van der Waals surface area contributed by atoms with Crippen LogP contribution in [0.25, 0.3) is 11.1 Å². The van der Waals surface area contributed by atoms with E-state index in [1.165, 1.54) is 0 Å². The van der Waals surface area contributed by atoms with Gasteiger partial charge in [0, 0.05) is 20.3 Å². The van der Waals surface area contributed by atoms with Crippen LogP contribution < -0.4 is 11.5 Å². The van der Waals surface area contributed by atoms with Gasteiger partial charge in [0.2, 0.25) is 11.8 Å². The van der Waals surface area contributed by atoms with Gasteiger partial charge in [0.1, 0.15) is 0 Å². The summed E-state index contributed by atoms with van der Waals surface area (Å²) in [6.07, 6.45) is 0. The van der Waals surface area contributed by atoms with Crippen LogP contribution in [0.15, 0.2) is 42.5 Å². The van der Waals surface area contributed by atoms with Crippen LogP contribution in [0, 0.1) is 3.57 Å². The van der Waals surface area contributed by atoms with Crippen molar-refractivity contribution in [2.45, 2.75) is 0 Å². The molecule has 0 radical (unpaired) electrons. The zero-order valence-corrected chi connectivity index (χ0v) is 12.0. The van der Waals surface area contributed by atoms with Crippen molar-refractivity contribution in [1.82, 2.24) is 0 Å². The Morgan fingerprint density at radius 2 is 1.37 bits per heavy atom. The van der Waals surface area contributed by atoms with Crippen LogP contribution >= 0.6 is 22.6 Å². The molecule has 0 heterocycles. The molecule has 0 saturated heterocycles. The molecule has 0 bridgehead atoms. The number of amides is 2. The summed E-state index contributed by atoms with van der Waals surface area (Å²) < 4.78 is 0.913. The molecule has 0 aliphatic heterocycles. The third kappa shape index (κ3) is 2.60. The minimum atomic E-state index is -0.585. The van der Waals surface area contributed by atoms with Crippen molar-refractivity contribution < 1.29 is 9.59 Å². The van der Waals surface area contributed by atoms with Crippen molar-refractivity contribution in [2.24, 2.45) is 11.5 Å². The number of primary amides is 2. The molecular weight excluding hydrogens is 355 g/mol. The van der Waals surface area contributed by atoms with E-state index in [2.05, 4.69) is 22.6 Å². The molecule has 0 aliphatic rings. The predicted octanol–water partition coefficient (Wildman–Crippen LogP) is 2.16. The lowest BCUT2D eigenvalue weighted by Crippen LogP contribution is -2.18. The van der Waals surface area contributed by atoms with Crippen molar-refractivity contribution in [3.8, 4) is 11.1 Å². The van der Waals surface area contributed by atoms with E-state index in [0.717, 1.165) is 9.13 Å². The molecule has 0 aliphatic carbocycles. The van der Waals surface area contributed by atoms with E-state index in [0.29, 0.717) is 16.7 Å². The Labute approximate surface area is 123 Å². The highest BCUT2D eigenvalue weighted by Crippen LogP contribution is 2.31. The summed E-state index contributed by atoms with van der Waals surface area (Å²) in [6, 6.07) is 12.2. The molecule has 96 valence electrons. The zero-order chi connectivity index (χ0) is 14.0. The van der Waals surface area contributed by atoms with Gasteiger partial charge in [-0.05, 0) is 46.4 Å². The van der Waals surface area contributed by atoms with Crippen molar-refractivity contribution in [3.05, 3.63) is 57.2 Å². The fourth-order valence-corrected chi connectivity index (χ4v) is 2.57. The van der Waals surface area contributed by atoms with Gasteiger partial charge in [0.25, 0.3) is 0 Å². The van der Waals surface area contributed by atoms with E-state index in [1.807, 2.05) is 24.3 Å². The highest BCUT2D eigenvalue weighted by molar-refractivity contribution is 14.1. The molecule has 0 aromatic heterocycles. The number of rotatable bonds is 3. The molecule has 0 spiro atoms. The quantitative estimate of drug-likeness (QED) is 0.816. The summed E-state index contributed by atoms with van der Waals surface area (Å²) in [5, 5.41) is 0. The van der Waals surface area contributed by atoms with Gasteiger partial charge in [-0.1, -0.05) is 24.3 Å². The molecule has 2 amide bonds. The second-order valence-electron chi connectivity index (χ2n) is 3.94. The Morgan fingerprint density at radius 3 is 1.84 bits per heavy atom. The van der Waals surface area contributed by atoms with Crippen molar-refractivity contribution in [2.75, 3.05) is 0 Å². The van der Waals surface area contributed by atoms with Crippen LogP contribution in [0.3, 0.4) is 0 Å². The zero-order valence-electron chi connectivity index (χ0n) is 9.89. The third-order valence-corrected chi connectivity index (χ3v) is 3.68. The Morgan fingerprint density at radius 1 is 0.842 bits per heavy atom. The Hall–Kier alpha value is -1.89. The fourth-order valence-electron chi connectivity index (χ4n) is 1.92. The SMILES string of the molecule is NC(=O)c1cccc(C(N)=O)c1-c1ccccc1I. The van der Waals surface area contributed by atoms with Gasteiger partial charge < -0.3 is 11.5 Å². The van der Waals surface area contributed by atoms with E-state index < -0.39 is 11.8 Å². The minimum absolute atomic E-state index is 0.292. The molecule has 2 aromatic carbocycles. The van der Waals surface area contributed by atoms with Gasteiger partial charge in [-0.3, -0.25) is 9.59 Å². The number of nitrogens with two attached hydrogens (primary N) is 2. The van der Waals surface area contributed by atoms with E-state index in [9.17, 15) is 9.59 Å². The lowest BCUT2D eigenvalue weighted by atomic mass is 9.93. The van der Waals surface area contributed by atoms with Gasteiger partial charge in [0.05, 0.1) is 0 Å². The van der Waals surface area contributed by atoms with E-state index in [-0.39, 0.29) is 0 Å². The number of carbonyl (C=O) groups excluding carboxylic acids is 2. The van der Waals surface area contributed by atoms with Crippen molar-refractivity contribution in [1.29, 1.82) is 0 Å². The predicted molar refractivity (Wildman–Crippen MR) is 81.6 cm³/mol. The summed E-state index contributed by atoms with van der Waals surface area (Å²) in [5.41, 5.74) is 12.6. The first-order valence-electron chi connectivity index (χ1n) is 5.50. The normalized spacial score (nSPS) is 10.2. The molecule has 2 rings (SSSR count). The number of halogens is 1. The van der Waals surface area contributed by atoms with Crippen LogP contribution in [0.1, 0.15) is 20.7 Å². The second kappa shape index (κ2) is 5.40. The summed E-state index contributed by atoms with van der Waals surface area (Å²) in [7, 11) is 0. The molecule has 5 heteroatoms. The standard InChI is InChI=1S/C14H11IN2O2/c15-11-7-2-1-4-8(11)12-9(13(16)18)5-3-6-10(12)14(17)19/h1-7H,(H2,16,18)(H2,17,19). The first-order chi connectivity index (χ1) is 9.02. The highest BCUT2D eigenvalue weighted by atomic mass is 127. The molecule has 4 N–H and O–H groups in total. The van der Waals surface area contributed by atoms with Gasteiger partial charge in [-0.2, -0.15) is 0 Å². The average Bonchev–Trinajstić information content (AvgIpc) is 2.38. The van der Waals surface area contributed by atoms with E-state index >= 15 is 0 Å². The number of carbonyl (C=O) groups is 2. The maximum Gasteiger partial charge on any atom is 0.249 e. The van der Waals surface area contributed by atoms with Crippen LogP contribution in [0.2, 0.25) is 0 Å². The first-order valence-corrected chi connectivity index (χ1v) is 6.57. The molecule has 0 saturated carbocycles. The van der Waals surface area contributed by atoms with Crippen LogP contribution in [0.5, 0.6) is 0 Å². The maximum atomic E-state index is 11.5.